The van der Waals surface area contributed by atoms with E-state index in [9.17, 15) is 4.79 Å². The Balaban J connectivity index is 2.65. The minimum atomic E-state index is -0.0146. The molecule has 15 heavy (non-hydrogen) atoms. The van der Waals surface area contributed by atoms with Crippen molar-refractivity contribution < 1.29 is 4.79 Å². The quantitative estimate of drug-likeness (QED) is 0.897. The topological polar surface area (TPSA) is 29.1 Å². The van der Waals surface area contributed by atoms with Crippen LogP contribution in [0.15, 0.2) is 34.8 Å². The maximum absolute atomic E-state index is 10.8. The van der Waals surface area contributed by atoms with Crippen LogP contribution in [-0.2, 0) is 4.79 Å². The highest BCUT2D eigenvalue weighted by Crippen LogP contribution is 2.17. The summed E-state index contributed by atoms with van der Waals surface area (Å²) in [7, 11) is 0. The Labute approximate surface area is 98.5 Å². The van der Waals surface area contributed by atoms with E-state index in [4.69, 9.17) is 0 Å². The molecule has 0 bridgehead atoms. The first kappa shape index (κ1) is 12.0. The van der Waals surface area contributed by atoms with Crippen LogP contribution in [0.2, 0.25) is 0 Å². The fraction of sp³-hybridized carbons (Fsp3) is 0.250. The Morgan fingerprint density at radius 2 is 2.13 bits per heavy atom. The zero-order chi connectivity index (χ0) is 11.3. The lowest BCUT2D eigenvalue weighted by Gasteiger charge is -2.06. The Morgan fingerprint density at radius 3 is 2.73 bits per heavy atom. The van der Waals surface area contributed by atoms with Gasteiger partial charge in [0.25, 0.3) is 0 Å². The summed E-state index contributed by atoms with van der Waals surface area (Å²) in [4.78, 5) is 10.8. The van der Waals surface area contributed by atoms with Crippen LogP contribution >= 0.6 is 15.9 Å². The second-order valence-corrected chi connectivity index (χ2v) is 4.22. The van der Waals surface area contributed by atoms with Crippen LogP contribution in [0.1, 0.15) is 19.4 Å². The molecule has 0 heterocycles. The summed E-state index contributed by atoms with van der Waals surface area (Å²) in [5.74, 6) is -0.0146. The smallest absolute Gasteiger partial charge is 0.217 e. The van der Waals surface area contributed by atoms with Crippen LogP contribution in [0.5, 0.6) is 0 Å². The number of benzene rings is 1. The Kier molecular flexibility index (Phi) is 4.56. The summed E-state index contributed by atoms with van der Waals surface area (Å²) < 4.78 is 1.05. The van der Waals surface area contributed by atoms with Gasteiger partial charge in [0.05, 0.1) is 0 Å². The Morgan fingerprint density at radius 1 is 1.47 bits per heavy atom. The molecule has 0 aliphatic carbocycles. The SMILES string of the molecule is CC(=O)N[C@@H](C)/C=C/c1ccccc1Br. The average molecular weight is 268 g/mol. The van der Waals surface area contributed by atoms with Crippen LogP contribution in [0.25, 0.3) is 6.08 Å². The van der Waals surface area contributed by atoms with Gasteiger partial charge >= 0.3 is 0 Å². The molecule has 0 aliphatic heterocycles. The highest BCUT2D eigenvalue weighted by molar-refractivity contribution is 9.10. The van der Waals surface area contributed by atoms with Crippen molar-refractivity contribution in [2.75, 3.05) is 0 Å². The first-order valence-electron chi connectivity index (χ1n) is 4.79. The van der Waals surface area contributed by atoms with Crippen molar-refractivity contribution >= 4 is 27.9 Å². The highest BCUT2D eigenvalue weighted by atomic mass is 79.9. The van der Waals surface area contributed by atoms with Crippen LogP contribution in [0.4, 0.5) is 0 Å². The zero-order valence-electron chi connectivity index (χ0n) is 8.83. The van der Waals surface area contributed by atoms with Gasteiger partial charge in [0, 0.05) is 17.4 Å². The summed E-state index contributed by atoms with van der Waals surface area (Å²) in [5.41, 5.74) is 1.11. The van der Waals surface area contributed by atoms with Gasteiger partial charge in [0.2, 0.25) is 5.91 Å². The number of carbonyl (C=O) groups is 1. The third-order valence-corrected chi connectivity index (χ3v) is 2.62. The van der Waals surface area contributed by atoms with Crippen LogP contribution in [0.3, 0.4) is 0 Å². The van der Waals surface area contributed by atoms with Gasteiger partial charge in [0.1, 0.15) is 0 Å². The molecule has 1 aromatic rings. The number of hydrogen-bond donors (Lipinski definition) is 1. The number of nitrogens with one attached hydrogen (secondary N) is 1. The molecule has 0 spiro atoms. The standard InChI is InChI=1S/C12H14BrNO/c1-9(14-10(2)15)7-8-11-5-3-4-6-12(11)13/h3-9H,1-2H3,(H,14,15)/b8-7+/t9-/m0/s1. The summed E-state index contributed by atoms with van der Waals surface area (Å²) in [6.07, 6.45) is 3.95. The van der Waals surface area contributed by atoms with Crippen molar-refractivity contribution in [3.05, 3.63) is 40.4 Å². The molecule has 1 aromatic carbocycles. The average Bonchev–Trinajstić information content (AvgIpc) is 2.15. The predicted octanol–water partition coefficient (Wildman–Crippen LogP) is 2.99. The monoisotopic (exact) mass is 267 g/mol. The van der Waals surface area contributed by atoms with E-state index >= 15 is 0 Å². The highest BCUT2D eigenvalue weighted by Gasteiger charge is 1.98. The van der Waals surface area contributed by atoms with Crippen LogP contribution < -0.4 is 5.32 Å². The van der Waals surface area contributed by atoms with Gasteiger partial charge in [-0.2, -0.15) is 0 Å². The third-order valence-electron chi connectivity index (χ3n) is 1.90. The molecule has 1 amide bonds. The second-order valence-electron chi connectivity index (χ2n) is 3.37. The normalized spacial score (nSPS) is 12.7. The van der Waals surface area contributed by atoms with Crippen molar-refractivity contribution in [3.63, 3.8) is 0 Å². The van der Waals surface area contributed by atoms with Crippen molar-refractivity contribution in [2.45, 2.75) is 19.9 Å². The molecule has 0 fully saturated rings. The van der Waals surface area contributed by atoms with Crippen molar-refractivity contribution in [1.82, 2.24) is 5.32 Å². The van der Waals surface area contributed by atoms with Crippen molar-refractivity contribution in [2.24, 2.45) is 0 Å². The second kappa shape index (κ2) is 5.71. The van der Waals surface area contributed by atoms with Crippen LogP contribution in [-0.4, -0.2) is 11.9 Å². The van der Waals surface area contributed by atoms with Gasteiger partial charge in [-0.1, -0.05) is 46.3 Å². The molecule has 0 saturated carbocycles. The summed E-state index contributed by atoms with van der Waals surface area (Å²) >= 11 is 3.46. The molecule has 0 aliphatic rings. The van der Waals surface area contributed by atoms with Gasteiger partial charge in [-0.25, -0.2) is 0 Å². The molecular formula is C12H14BrNO. The summed E-state index contributed by atoms with van der Waals surface area (Å²) in [5, 5.41) is 2.79. The Hall–Kier alpha value is -1.09. The molecule has 80 valence electrons. The summed E-state index contributed by atoms with van der Waals surface area (Å²) in [6, 6.07) is 8.00. The largest absolute Gasteiger partial charge is 0.350 e. The number of halogens is 1. The van der Waals surface area contributed by atoms with Gasteiger partial charge in [-0.3, -0.25) is 4.79 Å². The number of hydrogen-bond acceptors (Lipinski definition) is 1. The maximum Gasteiger partial charge on any atom is 0.217 e. The molecule has 0 unspecified atom stereocenters. The molecule has 1 atom stereocenters. The number of carbonyl (C=O) groups excluding carboxylic acids is 1. The Bertz CT molecular complexity index is 374. The number of rotatable bonds is 3. The van der Waals surface area contributed by atoms with E-state index in [2.05, 4.69) is 21.2 Å². The lowest BCUT2D eigenvalue weighted by atomic mass is 10.2. The number of amides is 1. The van der Waals surface area contributed by atoms with E-state index in [1.54, 1.807) is 0 Å². The van der Waals surface area contributed by atoms with E-state index in [0.717, 1.165) is 10.0 Å². The lowest BCUT2D eigenvalue weighted by molar-refractivity contribution is -0.119. The molecule has 0 saturated heterocycles. The fourth-order valence-electron chi connectivity index (χ4n) is 1.23. The van der Waals surface area contributed by atoms with Gasteiger partial charge in [-0.05, 0) is 18.6 Å². The van der Waals surface area contributed by atoms with E-state index in [1.165, 1.54) is 6.92 Å². The van der Waals surface area contributed by atoms with Crippen molar-refractivity contribution in [1.29, 1.82) is 0 Å². The van der Waals surface area contributed by atoms with Gasteiger partial charge < -0.3 is 5.32 Å². The first-order chi connectivity index (χ1) is 7.09. The van der Waals surface area contributed by atoms with E-state index in [-0.39, 0.29) is 11.9 Å². The van der Waals surface area contributed by atoms with E-state index in [0.29, 0.717) is 0 Å². The molecule has 1 N–H and O–H groups in total. The first-order valence-corrected chi connectivity index (χ1v) is 5.58. The molecule has 1 rings (SSSR count). The minimum absolute atomic E-state index is 0.0146. The van der Waals surface area contributed by atoms with E-state index in [1.807, 2.05) is 43.3 Å². The van der Waals surface area contributed by atoms with E-state index < -0.39 is 0 Å². The minimum Gasteiger partial charge on any atom is -0.350 e. The van der Waals surface area contributed by atoms with Crippen LogP contribution in [0, 0.1) is 0 Å². The fourth-order valence-corrected chi connectivity index (χ4v) is 1.64. The predicted molar refractivity (Wildman–Crippen MR) is 66.5 cm³/mol. The third kappa shape index (κ3) is 4.30. The van der Waals surface area contributed by atoms with Crippen molar-refractivity contribution in [3.8, 4) is 0 Å². The summed E-state index contributed by atoms with van der Waals surface area (Å²) in [6.45, 7) is 3.46. The molecule has 0 radical (unpaired) electrons. The lowest BCUT2D eigenvalue weighted by Crippen LogP contribution is -2.28. The van der Waals surface area contributed by atoms with Gasteiger partial charge in [0.15, 0.2) is 0 Å². The molecule has 3 heteroatoms. The van der Waals surface area contributed by atoms with Gasteiger partial charge in [-0.15, -0.1) is 0 Å². The zero-order valence-corrected chi connectivity index (χ0v) is 10.4. The maximum atomic E-state index is 10.8. The molecular weight excluding hydrogens is 254 g/mol. The molecule has 0 aromatic heterocycles. The molecule has 2 nitrogen and oxygen atoms in total.